The molecular weight excluding hydrogens is 360 g/mol. The zero-order valence-electron chi connectivity index (χ0n) is 15.9. The van der Waals surface area contributed by atoms with Gasteiger partial charge < -0.3 is 18.9 Å². The number of aromatic nitrogens is 2. The molecule has 0 bridgehead atoms. The van der Waals surface area contributed by atoms with Gasteiger partial charge in [0.25, 0.3) is 0 Å². The Bertz CT molecular complexity index is 1010. The van der Waals surface area contributed by atoms with Gasteiger partial charge in [0.15, 0.2) is 17.2 Å². The lowest BCUT2D eigenvalue weighted by atomic mass is 10.1. The number of carbonyl (C=O) groups is 1. The molecule has 0 amide bonds. The Morgan fingerprint density at radius 2 is 1.61 bits per heavy atom. The van der Waals surface area contributed by atoms with Crippen LogP contribution >= 0.6 is 0 Å². The lowest BCUT2D eigenvalue weighted by molar-refractivity contribution is 0.102. The van der Waals surface area contributed by atoms with Crippen LogP contribution in [0.2, 0.25) is 0 Å². The topological polar surface area (TPSA) is 79.8 Å². The maximum Gasteiger partial charge on any atom is 0.245 e. The summed E-state index contributed by atoms with van der Waals surface area (Å²) in [4.78, 5) is 22.2. The largest absolute Gasteiger partial charge is 0.493 e. The first kappa shape index (κ1) is 19.2. The molecule has 0 saturated carbocycles. The highest BCUT2D eigenvalue weighted by Crippen LogP contribution is 2.39. The van der Waals surface area contributed by atoms with Crippen molar-refractivity contribution in [2.75, 3.05) is 27.9 Å². The first-order valence-electron chi connectivity index (χ1n) is 8.48. The molecule has 0 spiro atoms. The van der Waals surface area contributed by atoms with Gasteiger partial charge in [0.2, 0.25) is 17.4 Å². The van der Waals surface area contributed by atoms with Gasteiger partial charge in [-0.1, -0.05) is 24.8 Å². The van der Waals surface area contributed by atoms with Crippen molar-refractivity contribution in [3.05, 3.63) is 60.3 Å². The molecule has 144 valence electrons. The van der Waals surface area contributed by atoms with Gasteiger partial charge >= 0.3 is 0 Å². The first-order chi connectivity index (χ1) is 13.6. The van der Waals surface area contributed by atoms with E-state index in [1.54, 1.807) is 30.3 Å². The van der Waals surface area contributed by atoms with Crippen LogP contribution in [0.5, 0.6) is 23.1 Å². The average Bonchev–Trinajstić information content (AvgIpc) is 2.75. The van der Waals surface area contributed by atoms with Gasteiger partial charge in [-0.25, -0.2) is 9.97 Å². The number of nitrogens with zero attached hydrogens (tertiary/aromatic N) is 2. The summed E-state index contributed by atoms with van der Waals surface area (Å²) in [6.45, 7) is 3.83. The molecule has 0 saturated heterocycles. The Morgan fingerprint density at radius 3 is 2.14 bits per heavy atom. The van der Waals surface area contributed by atoms with Crippen molar-refractivity contribution in [1.82, 2.24) is 9.97 Å². The second kappa shape index (κ2) is 8.39. The van der Waals surface area contributed by atoms with Crippen LogP contribution < -0.4 is 18.9 Å². The third-order valence-corrected chi connectivity index (χ3v) is 4.02. The minimum absolute atomic E-state index is 0.0924. The van der Waals surface area contributed by atoms with Crippen LogP contribution in [-0.2, 0) is 0 Å². The molecule has 1 heterocycles. The van der Waals surface area contributed by atoms with Crippen LogP contribution in [0.3, 0.4) is 0 Å². The summed E-state index contributed by atoms with van der Waals surface area (Å²) in [5, 5.41) is 0. The van der Waals surface area contributed by atoms with Gasteiger partial charge in [-0.05, 0) is 24.3 Å². The number of methoxy groups -OCH3 is 3. The van der Waals surface area contributed by atoms with E-state index >= 15 is 0 Å². The SMILES string of the molecule is C=CCOc1nc2ccccc2nc1C(=O)c1cc(OC)c(OC)c(OC)c1. The number of carbonyl (C=O) groups excluding carboxylic acids is 1. The van der Waals surface area contributed by atoms with E-state index in [-0.39, 0.29) is 24.0 Å². The lowest BCUT2D eigenvalue weighted by Gasteiger charge is -2.14. The highest BCUT2D eigenvalue weighted by atomic mass is 16.5. The summed E-state index contributed by atoms with van der Waals surface area (Å²) in [7, 11) is 4.47. The van der Waals surface area contributed by atoms with Gasteiger partial charge in [-0.2, -0.15) is 0 Å². The summed E-state index contributed by atoms with van der Waals surface area (Å²) in [6, 6.07) is 10.4. The third kappa shape index (κ3) is 3.59. The van der Waals surface area contributed by atoms with E-state index in [0.717, 1.165) is 0 Å². The van der Waals surface area contributed by atoms with Crippen LogP contribution in [0, 0.1) is 0 Å². The number of fused-ring (bicyclic) bond motifs is 1. The molecule has 0 fully saturated rings. The lowest BCUT2D eigenvalue weighted by Crippen LogP contribution is -2.11. The standard InChI is InChI=1S/C21H20N2O5/c1-5-10-28-21-18(22-14-8-6-7-9-15(14)23-21)19(24)13-11-16(25-2)20(27-4)17(12-13)26-3/h5-9,11-12H,1,10H2,2-4H3. The van der Waals surface area contributed by atoms with Gasteiger partial charge in [-0.3, -0.25) is 4.79 Å². The number of ketones is 1. The summed E-state index contributed by atoms with van der Waals surface area (Å²) < 4.78 is 21.6. The summed E-state index contributed by atoms with van der Waals surface area (Å²) in [5.41, 5.74) is 1.62. The second-order valence-electron chi connectivity index (χ2n) is 5.71. The van der Waals surface area contributed by atoms with Crippen molar-refractivity contribution < 1.29 is 23.7 Å². The molecule has 3 aromatic rings. The zero-order valence-corrected chi connectivity index (χ0v) is 15.9. The zero-order chi connectivity index (χ0) is 20.1. The molecule has 0 aliphatic rings. The fourth-order valence-electron chi connectivity index (χ4n) is 2.72. The van der Waals surface area contributed by atoms with Gasteiger partial charge in [-0.15, -0.1) is 0 Å². The van der Waals surface area contributed by atoms with Crippen LogP contribution in [0.1, 0.15) is 16.1 Å². The Morgan fingerprint density at radius 1 is 1.00 bits per heavy atom. The van der Waals surface area contributed by atoms with Crippen molar-refractivity contribution in [3.63, 3.8) is 0 Å². The number of hydrogen-bond acceptors (Lipinski definition) is 7. The van der Waals surface area contributed by atoms with Crippen LogP contribution in [-0.4, -0.2) is 43.7 Å². The Labute approximate surface area is 162 Å². The molecule has 0 radical (unpaired) electrons. The highest BCUT2D eigenvalue weighted by molar-refractivity contribution is 6.10. The number of rotatable bonds is 8. The van der Waals surface area contributed by atoms with Crippen molar-refractivity contribution in [3.8, 4) is 23.1 Å². The number of benzene rings is 2. The smallest absolute Gasteiger partial charge is 0.245 e. The van der Waals surface area contributed by atoms with E-state index in [9.17, 15) is 4.79 Å². The number of ether oxygens (including phenoxy) is 4. The molecule has 0 atom stereocenters. The van der Waals surface area contributed by atoms with Crippen LogP contribution in [0.25, 0.3) is 11.0 Å². The van der Waals surface area contributed by atoms with Gasteiger partial charge in [0, 0.05) is 5.56 Å². The van der Waals surface area contributed by atoms with Crippen molar-refractivity contribution in [2.24, 2.45) is 0 Å². The molecule has 1 aromatic heterocycles. The second-order valence-corrected chi connectivity index (χ2v) is 5.71. The Kier molecular flexibility index (Phi) is 5.74. The monoisotopic (exact) mass is 380 g/mol. The number of hydrogen-bond donors (Lipinski definition) is 0. The average molecular weight is 380 g/mol. The number of para-hydroxylation sites is 2. The fraction of sp³-hybridized carbons (Fsp3) is 0.190. The molecule has 28 heavy (non-hydrogen) atoms. The van der Waals surface area contributed by atoms with E-state index in [1.165, 1.54) is 21.3 Å². The van der Waals surface area contributed by atoms with E-state index < -0.39 is 0 Å². The molecule has 2 aromatic carbocycles. The fourth-order valence-corrected chi connectivity index (χ4v) is 2.72. The van der Waals surface area contributed by atoms with Crippen molar-refractivity contribution >= 4 is 16.8 Å². The minimum atomic E-state index is -0.378. The van der Waals surface area contributed by atoms with Crippen LogP contribution in [0.4, 0.5) is 0 Å². The molecule has 0 N–H and O–H groups in total. The highest BCUT2D eigenvalue weighted by Gasteiger charge is 2.23. The molecule has 7 heteroatoms. The van der Waals surface area contributed by atoms with Gasteiger partial charge in [0.05, 0.1) is 32.4 Å². The summed E-state index contributed by atoms with van der Waals surface area (Å²) >= 11 is 0. The van der Waals surface area contributed by atoms with E-state index in [4.69, 9.17) is 18.9 Å². The molecule has 0 aliphatic heterocycles. The van der Waals surface area contributed by atoms with Gasteiger partial charge in [0.1, 0.15) is 6.61 Å². The molecule has 0 unspecified atom stereocenters. The predicted molar refractivity (Wildman–Crippen MR) is 105 cm³/mol. The predicted octanol–water partition coefficient (Wildman–Crippen LogP) is 3.45. The van der Waals surface area contributed by atoms with Crippen molar-refractivity contribution in [2.45, 2.75) is 0 Å². The minimum Gasteiger partial charge on any atom is -0.493 e. The summed E-state index contributed by atoms with van der Waals surface area (Å²) in [5.74, 6) is 0.892. The maximum atomic E-state index is 13.2. The first-order valence-corrected chi connectivity index (χ1v) is 8.48. The van der Waals surface area contributed by atoms with Crippen molar-refractivity contribution in [1.29, 1.82) is 0 Å². The van der Waals surface area contributed by atoms with E-state index in [2.05, 4.69) is 16.5 Å². The Hall–Kier alpha value is -3.61. The summed E-state index contributed by atoms with van der Waals surface area (Å²) in [6.07, 6.45) is 1.57. The Balaban J connectivity index is 2.15. The third-order valence-electron chi connectivity index (χ3n) is 4.02. The van der Waals surface area contributed by atoms with Crippen LogP contribution in [0.15, 0.2) is 49.1 Å². The van der Waals surface area contributed by atoms with E-state index in [0.29, 0.717) is 33.8 Å². The molecule has 3 rings (SSSR count). The quantitative estimate of drug-likeness (QED) is 0.437. The molecular formula is C21H20N2O5. The van der Waals surface area contributed by atoms with E-state index in [1.807, 2.05) is 12.1 Å². The normalized spacial score (nSPS) is 10.4. The molecule has 7 nitrogen and oxygen atoms in total. The molecule has 0 aliphatic carbocycles. The maximum absolute atomic E-state index is 13.2.